The molecule has 0 unspecified atom stereocenters. The fourth-order valence-corrected chi connectivity index (χ4v) is 5.62. The van der Waals surface area contributed by atoms with Gasteiger partial charge in [-0.3, -0.25) is 9.36 Å². The Bertz CT molecular complexity index is 1120. The molecule has 2 aliphatic rings. The van der Waals surface area contributed by atoms with Crippen molar-refractivity contribution in [1.29, 1.82) is 0 Å². The van der Waals surface area contributed by atoms with Gasteiger partial charge in [0.2, 0.25) is 5.91 Å². The van der Waals surface area contributed by atoms with Crippen LogP contribution in [-0.2, 0) is 9.53 Å². The molecule has 1 aromatic heterocycles. The second-order valence-corrected chi connectivity index (χ2v) is 9.93. The molecule has 0 radical (unpaired) electrons. The number of rotatable bonds is 7. The lowest BCUT2D eigenvalue weighted by Crippen LogP contribution is -2.36. The number of hydrogen-bond donors (Lipinski definition) is 1. The van der Waals surface area contributed by atoms with Gasteiger partial charge in [0.15, 0.2) is 11.0 Å². The molecule has 2 heterocycles. The number of nitrogens with one attached hydrogen (secondary N) is 1. The van der Waals surface area contributed by atoms with Crippen molar-refractivity contribution < 1.29 is 9.53 Å². The molecule has 3 aromatic rings. The van der Waals surface area contributed by atoms with E-state index in [1.54, 1.807) is 0 Å². The molecule has 1 saturated heterocycles. The number of morpholine rings is 1. The quantitative estimate of drug-likeness (QED) is 0.448. The molecule has 9 heteroatoms. The van der Waals surface area contributed by atoms with E-state index in [-0.39, 0.29) is 11.7 Å². The summed E-state index contributed by atoms with van der Waals surface area (Å²) in [6, 6.07) is 16.0. The van der Waals surface area contributed by atoms with Gasteiger partial charge in [0.1, 0.15) is 0 Å². The van der Waals surface area contributed by atoms with E-state index in [1.807, 2.05) is 48.5 Å². The van der Waals surface area contributed by atoms with Gasteiger partial charge in [0.05, 0.1) is 24.0 Å². The summed E-state index contributed by atoms with van der Waals surface area (Å²) in [5.74, 6) is 0.974. The Hall–Kier alpha value is -2.55. The van der Waals surface area contributed by atoms with Crippen molar-refractivity contribution in [2.45, 2.75) is 36.9 Å². The lowest BCUT2D eigenvalue weighted by atomic mass is 10.2. The summed E-state index contributed by atoms with van der Waals surface area (Å²) in [5.41, 5.74) is 2.81. The zero-order valence-corrected chi connectivity index (χ0v) is 20.5. The summed E-state index contributed by atoms with van der Waals surface area (Å²) in [7, 11) is 0. The standard InChI is InChI=1S/C25H28ClN5O2S/c26-22-8-4-3-7-21(22)24-28-29-25(31(24)20-5-1-2-6-20)34-17-23(32)27-18-9-11-19(12-10-18)30-13-15-33-16-14-30/h3-4,7-12,20H,1-2,5-6,13-17H2,(H,27,32). The smallest absolute Gasteiger partial charge is 0.234 e. The fourth-order valence-electron chi connectivity index (χ4n) is 4.60. The number of aromatic nitrogens is 3. The van der Waals surface area contributed by atoms with Crippen molar-refractivity contribution in [2.24, 2.45) is 0 Å². The van der Waals surface area contributed by atoms with Crippen LogP contribution in [0.3, 0.4) is 0 Å². The maximum atomic E-state index is 12.7. The van der Waals surface area contributed by atoms with Crippen LogP contribution in [0.2, 0.25) is 5.02 Å². The monoisotopic (exact) mass is 497 g/mol. The van der Waals surface area contributed by atoms with Crippen LogP contribution >= 0.6 is 23.4 Å². The van der Waals surface area contributed by atoms with Gasteiger partial charge in [0.25, 0.3) is 0 Å². The van der Waals surface area contributed by atoms with E-state index in [0.717, 1.165) is 67.1 Å². The summed E-state index contributed by atoms with van der Waals surface area (Å²) in [6.07, 6.45) is 4.56. The molecule has 7 nitrogen and oxygen atoms in total. The predicted molar refractivity (Wildman–Crippen MR) is 137 cm³/mol. The largest absolute Gasteiger partial charge is 0.378 e. The van der Waals surface area contributed by atoms with Gasteiger partial charge in [0, 0.05) is 36.1 Å². The van der Waals surface area contributed by atoms with Crippen LogP contribution in [0.1, 0.15) is 31.7 Å². The molecular weight excluding hydrogens is 470 g/mol. The van der Waals surface area contributed by atoms with Crippen molar-refractivity contribution in [3.8, 4) is 11.4 Å². The van der Waals surface area contributed by atoms with Gasteiger partial charge in [-0.05, 0) is 49.2 Å². The third-order valence-electron chi connectivity index (χ3n) is 6.33. The second-order valence-electron chi connectivity index (χ2n) is 8.58. The number of thioether (sulfide) groups is 1. The molecule has 0 bridgehead atoms. The van der Waals surface area contributed by atoms with E-state index in [9.17, 15) is 4.79 Å². The number of benzene rings is 2. The zero-order valence-electron chi connectivity index (χ0n) is 19.0. The van der Waals surface area contributed by atoms with E-state index in [4.69, 9.17) is 16.3 Å². The van der Waals surface area contributed by atoms with Crippen LogP contribution in [0.15, 0.2) is 53.7 Å². The predicted octanol–water partition coefficient (Wildman–Crippen LogP) is 5.28. The number of halogens is 1. The summed E-state index contributed by atoms with van der Waals surface area (Å²) in [4.78, 5) is 15.0. The van der Waals surface area contributed by atoms with Crippen molar-refractivity contribution in [2.75, 3.05) is 42.3 Å². The molecule has 34 heavy (non-hydrogen) atoms. The first-order valence-electron chi connectivity index (χ1n) is 11.7. The number of ether oxygens (including phenoxy) is 1. The first kappa shape index (κ1) is 23.2. The number of nitrogens with zero attached hydrogens (tertiary/aromatic N) is 4. The molecule has 5 rings (SSSR count). The molecule has 178 valence electrons. The van der Waals surface area contributed by atoms with Crippen LogP contribution in [-0.4, -0.2) is 52.7 Å². The molecule has 0 atom stereocenters. The molecule has 1 aliphatic heterocycles. The number of carbonyl (C=O) groups excluding carboxylic acids is 1. The van der Waals surface area contributed by atoms with Crippen LogP contribution in [0, 0.1) is 0 Å². The van der Waals surface area contributed by atoms with Gasteiger partial charge >= 0.3 is 0 Å². The van der Waals surface area contributed by atoms with E-state index in [0.29, 0.717) is 11.1 Å². The minimum atomic E-state index is -0.0654. The zero-order chi connectivity index (χ0) is 23.3. The maximum Gasteiger partial charge on any atom is 0.234 e. The Morgan fingerprint density at radius 3 is 2.53 bits per heavy atom. The topological polar surface area (TPSA) is 72.3 Å². The summed E-state index contributed by atoms with van der Waals surface area (Å²) in [5, 5.41) is 13.3. The second kappa shape index (κ2) is 10.8. The molecule has 1 amide bonds. The average molecular weight is 498 g/mol. The average Bonchev–Trinajstić information content (AvgIpc) is 3.54. The van der Waals surface area contributed by atoms with Gasteiger partial charge < -0.3 is 15.0 Å². The highest BCUT2D eigenvalue weighted by Crippen LogP contribution is 2.38. The lowest BCUT2D eigenvalue weighted by molar-refractivity contribution is -0.113. The summed E-state index contributed by atoms with van der Waals surface area (Å²) in [6.45, 7) is 3.28. The highest BCUT2D eigenvalue weighted by Gasteiger charge is 2.26. The number of carbonyl (C=O) groups is 1. The Kier molecular flexibility index (Phi) is 7.37. The third kappa shape index (κ3) is 5.24. The molecule has 2 aromatic carbocycles. The van der Waals surface area contributed by atoms with Crippen LogP contribution in [0.4, 0.5) is 11.4 Å². The Balaban J connectivity index is 1.25. The Morgan fingerprint density at radius 2 is 1.79 bits per heavy atom. The van der Waals surface area contributed by atoms with Crippen LogP contribution in [0.5, 0.6) is 0 Å². The minimum Gasteiger partial charge on any atom is -0.378 e. The van der Waals surface area contributed by atoms with E-state index in [2.05, 4.69) is 25.0 Å². The highest BCUT2D eigenvalue weighted by molar-refractivity contribution is 7.99. The fraction of sp³-hybridized carbons (Fsp3) is 0.400. The first-order chi connectivity index (χ1) is 16.7. The van der Waals surface area contributed by atoms with Crippen molar-refractivity contribution in [3.63, 3.8) is 0 Å². The molecule has 2 fully saturated rings. The Labute approximate surface area is 208 Å². The highest BCUT2D eigenvalue weighted by atomic mass is 35.5. The molecular formula is C25H28ClN5O2S. The molecule has 0 spiro atoms. The number of amides is 1. The van der Waals surface area contributed by atoms with Crippen molar-refractivity contribution in [1.82, 2.24) is 14.8 Å². The maximum absolute atomic E-state index is 12.7. The van der Waals surface area contributed by atoms with E-state index in [1.165, 1.54) is 24.6 Å². The molecule has 1 saturated carbocycles. The SMILES string of the molecule is O=C(CSc1nnc(-c2ccccc2Cl)n1C1CCCC1)Nc1ccc(N2CCOCC2)cc1. The van der Waals surface area contributed by atoms with Gasteiger partial charge in [-0.25, -0.2) is 0 Å². The van der Waals surface area contributed by atoms with Crippen LogP contribution in [0.25, 0.3) is 11.4 Å². The third-order valence-corrected chi connectivity index (χ3v) is 7.60. The van der Waals surface area contributed by atoms with Crippen molar-refractivity contribution in [3.05, 3.63) is 53.6 Å². The molecule has 1 aliphatic carbocycles. The minimum absolute atomic E-state index is 0.0654. The number of hydrogen-bond acceptors (Lipinski definition) is 6. The molecule has 1 N–H and O–H groups in total. The first-order valence-corrected chi connectivity index (χ1v) is 13.1. The normalized spacial score (nSPS) is 16.7. The number of anilines is 2. The van der Waals surface area contributed by atoms with Gasteiger partial charge in [-0.2, -0.15) is 0 Å². The van der Waals surface area contributed by atoms with Gasteiger partial charge in [-0.1, -0.05) is 48.3 Å². The van der Waals surface area contributed by atoms with Crippen molar-refractivity contribution >= 4 is 40.6 Å². The van der Waals surface area contributed by atoms with Crippen LogP contribution < -0.4 is 10.2 Å². The van der Waals surface area contributed by atoms with E-state index < -0.39 is 0 Å². The van der Waals surface area contributed by atoms with Gasteiger partial charge in [-0.15, -0.1) is 10.2 Å². The van der Waals surface area contributed by atoms with E-state index >= 15 is 0 Å². The summed E-state index contributed by atoms with van der Waals surface area (Å²) < 4.78 is 7.60. The summed E-state index contributed by atoms with van der Waals surface area (Å²) >= 11 is 7.88. The Morgan fingerprint density at radius 1 is 1.06 bits per heavy atom. The lowest BCUT2D eigenvalue weighted by Gasteiger charge is -2.28.